The highest BCUT2D eigenvalue weighted by Crippen LogP contribution is 2.27. The van der Waals surface area contributed by atoms with Gasteiger partial charge in [0.15, 0.2) is 0 Å². The molecule has 0 atom stereocenters. The van der Waals surface area contributed by atoms with Crippen LogP contribution in [-0.4, -0.2) is 17.5 Å². The van der Waals surface area contributed by atoms with E-state index in [1.165, 1.54) is 12.1 Å². The molecule has 17 heavy (non-hydrogen) atoms. The van der Waals surface area contributed by atoms with Crippen molar-refractivity contribution in [3.05, 3.63) is 39.9 Å². The Morgan fingerprint density at radius 2 is 2.12 bits per heavy atom. The Balaban J connectivity index is 3.10. The zero-order valence-corrected chi connectivity index (χ0v) is 10.1. The highest BCUT2D eigenvalue weighted by Gasteiger charge is 2.32. The molecule has 0 spiro atoms. The second kappa shape index (κ2) is 4.95. The van der Waals surface area contributed by atoms with Crippen LogP contribution >= 0.6 is 0 Å². The van der Waals surface area contributed by atoms with Gasteiger partial charge in [0.25, 0.3) is 5.69 Å². The average Bonchev–Trinajstić information content (AvgIpc) is 2.29. The zero-order valence-electron chi connectivity index (χ0n) is 10.1. The summed E-state index contributed by atoms with van der Waals surface area (Å²) in [6.45, 7) is 5.38. The van der Waals surface area contributed by atoms with Crippen LogP contribution in [0.5, 0.6) is 0 Å². The highest BCUT2D eigenvalue weighted by molar-refractivity contribution is 5.82. The Morgan fingerprint density at radius 3 is 2.65 bits per heavy atom. The molecule has 0 saturated heterocycles. The molecule has 0 amide bonds. The van der Waals surface area contributed by atoms with Gasteiger partial charge in [-0.25, -0.2) is 0 Å². The van der Waals surface area contributed by atoms with Crippen LogP contribution in [0.15, 0.2) is 24.3 Å². The number of nitro groups is 1. The molecule has 1 aromatic carbocycles. The van der Waals surface area contributed by atoms with Crippen LogP contribution in [0.3, 0.4) is 0 Å². The first-order valence-corrected chi connectivity index (χ1v) is 5.31. The summed E-state index contributed by atoms with van der Waals surface area (Å²) in [5.74, 6) is -0.388. The first-order valence-electron chi connectivity index (χ1n) is 5.31. The number of carbonyl (C=O) groups is 1. The summed E-state index contributed by atoms with van der Waals surface area (Å²) in [5, 5.41) is 10.7. The largest absolute Gasteiger partial charge is 0.465 e. The minimum absolute atomic E-state index is 0.0279. The number of nitro benzene ring substituents is 1. The Bertz CT molecular complexity index is 440. The van der Waals surface area contributed by atoms with Gasteiger partial charge in [-0.05, 0) is 26.3 Å². The van der Waals surface area contributed by atoms with Gasteiger partial charge in [0.05, 0.1) is 16.9 Å². The zero-order chi connectivity index (χ0) is 13.1. The Morgan fingerprint density at radius 1 is 1.47 bits per heavy atom. The Kier molecular flexibility index (Phi) is 3.83. The summed E-state index contributed by atoms with van der Waals surface area (Å²) < 4.78 is 4.95. The van der Waals surface area contributed by atoms with Crippen molar-refractivity contribution < 1.29 is 14.5 Å². The summed E-state index contributed by atoms with van der Waals surface area (Å²) in [6, 6.07) is 6.04. The number of nitrogens with zero attached hydrogens (tertiary/aromatic N) is 1. The molecule has 1 rings (SSSR count). The molecule has 92 valence electrons. The second-order valence-corrected chi connectivity index (χ2v) is 4.15. The number of ether oxygens (including phenoxy) is 1. The maximum Gasteiger partial charge on any atom is 0.315 e. The fraction of sp³-hybridized carbons (Fsp3) is 0.417. The van der Waals surface area contributed by atoms with E-state index >= 15 is 0 Å². The van der Waals surface area contributed by atoms with E-state index in [-0.39, 0.29) is 18.3 Å². The lowest BCUT2D eigenvalue weighted by Crippen LogP contribution is -2.31. The summed E-state index contributed by atoms with van der Waals surface area (Å²) >= 11 is 0. The molecule has 0 N–H and O–H groups in total. The molecule has 0 heterocycles. The van der Waals surface area contributed by atoms with Gasteiger partial charge < -0.3 is 4.74 Å². The maximum atomic E-state index is 11.8. The van der Waals surface area contributed by atoms with Crippen molar-refractivity contribution in [2.45, 2.75) is 26.2 Å². The fourth-order valence-corrected chi connectivity index (χ4v) is 1.44. The average molecular weight is 237 g/mol. The van der Waals surface area contributed by atoms with Gasteiger partial charge in [0, 0.05) is 12.1 Å². The standard InChI is InChI=1S/C12H15NO4/c1-4-17-11(14)12(2,3)9-6-5-7-10(8-9)13(15)16/h5-8H,4H2,1-3H3. The van der Waals surface area contributed by atoms with Crippen molar-refractivity contribution in [2.24, 2.45) is 0 Å². The van der Waals surface area contributed by atoms with Crippen LogP contribution in [0.2, 0.25) is 0 Å². The van der Waals surface area contributed by atoms with E-state index in [0.29, 0.717) is 5.56 Å². The van der Waals surface area contributed by atoms with Gasteiger partial charge in [-0.1, -0.05) is 12.1 Å². The molecule has 0 aliphatic heterocycles. The van der Waals surface area contributed by atoms with Crippen LogP contribution in [0.1, 0.15) is 26.3 Å². The van der Waals surface area contributed by atoms with E-state index in [1.807, 2.05) is 0 Å². The molecule has 0 aliphatic rings. The molecule has 5 heteroatoms. The lowest BCUT2D eigenvalue weighted by Gasteiger charge is -2.22. The van der Waals surface area contributed by atoms with E-state index in [9.17, 15) is 14.9 Å². The first-order chi connectivity index (χ1) is 7.89. The van der Waals surface area contributed by atoms with Gasteiger partial charge in [0.1, 0.15) is 0 Å². The van der Waals surface area contributed by atoms with Crippen LogP contribution in [0.25, 0.3) is 0 Å². The van der Waals surface area contributed by atoms with Gasteiger partial charge in [-0.15, -0.1) is 0 Å². The van der Waals surface area contributed by atoms with Gasteiger partial charge in [0.2, 0.25) is 0 Å². The quantitative estimate of drug-likeness (QED) is 0.458. The molecule has 1 aromatic rings. The fourth-order valence-electron chi connectivity index (χ4n) is 1.44. The van der Waals surface area contributed by atoms with E-state index < -0.39 is 10.3 Å². The molecule has 0 aromatic heterocycles. The topological polar surface area (TPSA) is 69.4 Å². The molecular formula is C12H15NO4. The number of non-ortho nitro benzene ring substituents is 1. The lowest BCUT2D eigenvalue weighted by molar-refractivity contribution is -0.384. The number of carbonyl (C=O) groups excluding carboxylic acids is 1. The van der Waals surface area contributed by atoms with Crippen LogP contribution in [0.4, 0.5) is 5.69 Å². The van der Waals surface area contributed by atoms with Crippen LogP contribution < -0.4 is 0 Å². The van der Waals surface area contributed by atoms with Crippen molar-refractivity contribution in [3.8, 4) is 0 Å². The van der Waals surface area contributed by atoms with Crippen LogP contribution in [0, 0.1) is 10.1 Å². The second-order valence-electron chi connectivity index (χ2n) is 4.15. The van der Waals surface area contributed by atoms with E-state index in [4.69, 9.17) is 4.74 Å². The van der Waals surface area contributed by atoms with E-state index in [0.717, 1.165) is 0 Å². The number of hydrogen-bond donors (Lipinski definition) is 0. The van der Waals surface area contributed by atoms with Crippen molar-refractivity contribution >= 4 is 11.7 Å². The predicted molar refractivity (Wildman–Crippen MR) is 62.8 cm³/mol. The minimum Gasteiger partial charge on any atom is -0.465 e. The number of benzene rings is 1. The third kappa shape index (κ3) is 2.81. The Hall–Kier alpha value is -1.91. The first kappa shape index (κ1) is 13.2. The summed E-state index contributed by atoms with van der Waals surface area (Å²) in [6.07, 6.45) is 0. The molecule has 0 unspecified atom stereocenters. The molecule has 0 fully saturated rings. The number of esters is 1. The maximum absolute atomic E-state index is 11.8. The van der Waals surface area contributed by atoms with Gasteiger partial charge in [-0.2, -0.15) is 0 Å². The van der Waals surface area contributed by atoms with Crippen molar-refractivity contribution in [1.29, 1.82) is 0 Å². The number of rotatable bonds is 4. The van der Waals surface area contributed by atoms with Gasteiger partial charge in [-0.3, -0.25) is 14.9 Å². The minimum atomic E-state index is -0.887. The van der Waals surface area contributed by atoms with E-state index in [2.05, 4.69) is 0 Å². The number of hydrogen-bond acceptors (Lipinski definition) is 4. The molecular weight excluding hydrogens is 222 g/mol. The van der Waals surface area contributed by atoms with Crippen molar-refractivity contribution in [1.82, 2.24) is 0 Å². The highest BCUT2D eigenvalue weighted by atomic mass is 16.6. The monoisotopic (exact) mass is 237 g/mol. The smallest absolute Gasteiger partial charge is 0.315 e. The molecule has 5 nitrogen and oxygen atoms in total. The molecule has 0 saturated carbocycles. The summed E-state index contributed by atoms with van der Waals surface area (Å²) in [5.41, 5.74) is -0.341. The molecule has 0 aliphatic carbocycles. The third-order valence-corrected chi connectivity index (χ3v) is 2.56. The SMILES string of the molecule is CCOC(=O)C(C)(C)c1cccc([N+](=O)[O-])c1. The predicted octanol–water partition coefficient (Wildman–Crippen LogP) is 2.44. The van der Waals surface area contributed by atoms with Crippen molar-refractivity contribution in [2.75, 3.05) is 6.61 Å². The lowest BCUT2D eigenvalue weighted by atomic mass is 9.84. The molecule has 0 radical (unpaired) electrons. The van der Waals surface area contributed by atoms with E-state index in [1.54, 1.807) is 32.9 Å². The van der Waals surface area contributed by atoms with Crippen molar-refractivity contribution in [3.63, 3.8) is 0 Å². The summed E-state index contributed by atoms with van der Waals surface area (Å²) in [4.78, 5) is 21.9. The van der Waals surface area contributed by atoms with Crippen LogP contribution in [-0.2, 0) is 14.9 Å². The normalized spacial score (nSPS) is 11.0. The van der Waals surface area contributed by atoms with Gasteiger partial charge >= 0.3 is 5.97 Å². The molecule has 0 bridgehead atoms. The summed E-state index contributed by atoms with van der Waals surface area (Å²) in [7, 11) is 0. The Labute approximate surface area is 99.5 Å². The third-order valence-electron chi connectivity index (χ3n) is 2.56.